The number of urea groups is 1. The predicted molar refractivity (Wildman–Crippen MR) is 82.3 cm³/mol. The summed E-state index contributed by atoms with van der Waals surface area (Å²) in [7, 11) is 0. The summed E-state index contributed by atoms with van der Waals surface area (Å²) < 4.78 is 6.17. The number of carbonyl (C=O) groups excluding carboxylic acids is 3. The number of esters is 1. The minimum Gasteiger partial charge on any atom is -0.450 e. The van der Waals surface area contributed by atoms with Crippen molar-refractivity contribution in [3.63, 3.8) is 0 Å². The lowest BCUT2D eigenvalue weighted by molar-refractivity contribution is -0.123. The molecule has 10 nitrogen and oxygen atoms in total. The van der Waals surface area contributed by atoms with Gasteiger partial charge in [-0.1, -0.05) is 6.08 Å². The van der Waals surface area contributed by atoms with Gasteiger partial charge < -0.3 is 10.1 Å². The molecule has 0 aliphatic heterocycles. The number of carbonyl (C=O) groups is 3. The van der Waals surface area contributed by atoms with Gasteiger partial charge >= 0.3 is 12.0 Å². The van der Waals surface area contributed by atoms with Crippen molar-refractivity contribution in [2.24, 2.45) is 0 Å². The Kier molecular flexibility index (Phi) is 5.20. The quantitative estimate of drug-likeness (QED) is 0.578. The molecule has 0 saturated carbocycles. The summed E-state index contributed by atoms with van der Waals surface area (Å²) in [4.78, 5) is 42.7. The van der Waals surface area contributed by atoms with Gasteiger partial charge in [0.2, 0.25) is 0 Å². The van der Waals surface area contributed by atoms with E-state index in [1.54, 1.807) is 19.9 Å². The van der Waals surface area contributed by atoms with Gasteiger partial charge in [0.05, 0.1) is 0 Å². The third-order valence-corrected chi connectivity index (χ3v) is 2.80. The average Bonchev–Trinajstić information content (AvgIpc) is 2.95. The van der Waals surface area contributed by atoms with Crippen LogP contribution < -0.4 is 10.6 Å². The molecule has 2 rings (SSSR count). The molecular formula is C14H16N6O4. The standard InChI is InChI=1S/C14H16N6O4/c1-4-5-15-14(23)17-10(21)7-24-12(22)11-18-13-16-8(2)6-9(3)20(13)19-11/h4,6H,1,5,7H2,2-3H3,(H2,15,17,21,23). The van der Waals surface area contributed by atoms with Gasteiger partial charge in [-0.25, -0.2) is 19.1 Å². The smallest absolute Gasteiger partial charge is 0.378 e. The molecule has 0 spiro atoms. The highest BCUT2D eigenvalue weighted by molar-refractivity contribution is 5.96. The Bertz CT molecular complexity index is 813. The molecule has 2 heterocycles. The van der Waals surface area contributed by atoms with Crippen molar-refractivity contribution in [1.82, 2.24) is 30.2 Å². The molecular weight excluding hydrogens is 316 g/mol. The van der Waals surface area contributed by atoms with Crippen molar-refractivity contribution in [3.8, 4) is 0 Å². The van der Waals surface area contributed by atoms with Crippen molar-refractivity contribution in [2.45, 2.75) is 13.8 Å². The van der Waals surface area contributed by atoms with Crippen LogP contribution in [0.2, 0.25) is 0 Å². The molecule has 3 amide bonds. The minimum atomic E-state index is -0.890. The molecule has 0 aliphatic rings. The van der Waals surface area contributed by atoms with Crippen LogP contribution in [0.4, 0.5) is 4.79 Å². The van der Waals surface area contributed by atoms with Crippen LogP contribution in [0, 0.1) is 13.8 Å². The maximum atomic E-state index is 11.9. The van der Waals surface area contributed by atoms with Crippen molar-refractivity contribution in [2.75, 3.05) is 13.2 Å². The first-order valence-corrected chi connectivity index (χ1v) is 6.97. The minimum absolute atomic E-state index is 0.204. The summed E-state index contributed by atoms with van der Waals surface area (Å²) in [6.07, 6.45) is 1.46. The summed E-state index contributed by atoms with van der Waals surface area (Å²) in [6, 6.07) is 1.07. The monoisotopic (exact) mass is 332 g/mol. The second kappa shape index (κ2) is 7.31. The van der Waals surface area contributed by atoms with Crippen LogP contribution in [0.5, 0.6) is 0 Å². The molecule has 0 bridgehead atoms. The van der Waals surface area contributed by atoms with E-state index in [1.807, 2.05) is 5.32 Å². The van der Waals surface area contributed by atoms with Gasteiger partial charge in [0.15, 0.2) is 6.61 Å². The molecule has 2 N–H and O–H groups in total. The number of amides is 3. The lowest BCUT2D eigenvalue weighted by Gasteiger charge is -2.04. The number of hydrogen-bond donors (Lipinski definition) is 2. The SMILES string of the molecule is C=CCNC(=O)NC(=O)COC(=O)c1nc2nc(C)cc(C)n2n1. The van der Waals surface area contributed by atoms with Crippen molar-refractivity contribution in [3.05, 3.63) is 35.9 Å². The predicted octanol–water partition coefficient (Wildman–Crippen LogP) is -0.0903. The van der Waals surface area contributed by atoms with Gasteiger partial charge in [-0.2, -0.15) is 4.98 Å². The van der Waals surface area contributed by atoms with Crippen molar-refractivity contribution >= 4 is 23.7 Å². The third kappa shape index (κ3) is 4.12. The van der Waals surface area contributed by atoms with Crippen LogP contribution in [-0.4, -0.2) is 50.6 Å². The van der Waals surface area contributed by atoms with E-state index in [-0.39, 0.29) is 18.1 Å². The molecule has 2 aromatic heterocycles. The van der Waals surface area contributed by atoms with E-state index in [4.69, 9.17) is 4.74 Å². The summed E-state index contributed by atoms with van der Waals surface area (Å²) in [6.45, 7) is 6.57. The van der Waals surface area contributed by atoms with E-state index in [2.05, 4.69) is 27.0 Å². The highest BCUT2D eigenvalue weighted by Crippen LogP contribution is 2.06. The fourth-order valence-corrected chi connectivity index (χ4v) is 1.82. The molecule has 10 heteroatoms. The van der Waals surface area contributed by atoms with E-state index < -0.39 is 24.5 Å². The largest absolute Gasteiger partial charge is 0.450 e. The number of nitrogens with zero attached hydrogens (tertiary/aromatic N) is 4. The van der Waals surface area contributed by atoms with Crippen LogP contribution in [0.1, 0.15) is 22.0 Å². The van der Waals surface area contributed by atoms with Crippen LogP contribution in [-0.2, 0) is 9.53 Å². The maximum Gasteiger partial charge on any atom is 0.378 e. The molecule has 2 aromatic rings. The first-order valence-electron chi connectivity index (χ1n) is 6.97. The molecule has 0 atom stereocenters. The van der Waals surface area contributed by atoms with E-state index in [0.29, 0.717) is 0 Å². The number of imide groups is 1. The number of fused-ring (bicyclic) bond motifs is 1. The molecule has 24 heavy (non-hydrogen) atoms. The summed E-state index contributed by atoms with van der Waals surface area (Å²) in [5.41, 5.74) is 1.48. The van der Waals surface area contributed by atoms with Crippen molar-refractivity contribution in [1.29, 1.82) is 0 Å². The molecule has 0 aliphatic carbocycles. The molecule has 0 radical (unpaired) electrons. The lowest BCUT2D eigenvalue weighted by atomic mass is 10.4. The van der Waals surface area contributed by atoms with E-state index >= 15 is 0 Å². The molecule has 0 saturated heterocycles. The van der Waals surface area contributed by atoms with Crippen molar-refractivity contribution < 1.29 is 19.1 Å². The van der Waals surface area contributed by atoms with E-state index in [0.717, 1.165) is 11.4 Å². The Labute approximate surface area is 136 Å². The Balaban J connectivity index is 1.95. The summed E-state index contributed by atoms with van der Waals surface area (Å²) >= 11 is 0. The van der Waals surface area contributed by atoms with Gasteiger partial charge in [-0.3, -0.25) is 10.1 Å². The second-order valence-corrected chi connectivity index (χ2v) is 4.81. The number of aromatic nitrogens is 4. The molecule has 126 valence electrons. The summed E-state index contributed by atoms with van der Waals surface area (Å²) in [5.74, 6) is -1.63. The second-order valence-electron chi connectivity index (χ2n) is 4.81. The average molecular weight is 332 g/mol. The molecule has 0 fully saturated rings. The number of hydrogen-bond acceptors (Lipinski definition) is 7. The molecule has 0 unspecified atom stereocenters. The Morgan fingerprint density at radius 3 is 2.79 bits per heavy atom. The van der Waals surface area contributed by atoms with Gasteiger partial charge in [-0.05, 0) is 19.9 Å². The zero-order chi connectivity index (χ0) is 17.7. The Morgan fingerprint density at radius 1 is 1.33 bits per heavy atom. The third-order valence-electron chi connectivity index (χ3n) is 2.80. The van der Waals surface area contributed by atoms with Crippen LogP contribution >= 0.6 is 0 Å². The lowest BCUT2D eigenvalue weighted by Crippen LogP contribution is -2.41. The summed E-state index contributed by atoms with van der Waals surface area (Å²) in [5, 5.41) is 8.32. The Morgan fingerprint density at radius 2 is 2.08 bits per heavy atom. The highest BCUT2D eigenvalue weighted by Gasteiger charge is 2.18. The number of ether oxygens (including phenoxy) is 1. The Hall–Kier alpha value is -3.30. The first-order chi connectivity index (χ1) is 11.4. The number of nitrogens with one attached hydrogen (secondary N) is 2. The highest BCUT2D eigenvalue weighted by atomic mass is 16.5. The fourth-order valence-electron chi connectivity index (χ4n) is 1.82. The van der Waals surface area contributed by atoms with Gasteiger partial charge in [0, 0.05) is 17.9 Å². The van der Waals surface area contributed by atoms with E-state index in [9.17, 15) is 14.4 Å². The van der Waals surface area contributed by atoms with Crippen LogP contribution in [0.15, 0.2) is 18.7 Å². The molecule has 0 aromatic carbocycles. The number of aryl methyl sites for hydroxylation is 2. The van der Waals surface area contributed by atoms with E-state index in [1.165, 1.54) is 10.6 Å². The normalized spacial score (nSPS) is 10.2. The van der Waals surface area contributed by atoms with Gasteiger partial charge in [0.1, 0.15) is 0 Å². The zero-order valence-electron chi connectivity index (χ0n) is 13.2. The zero-order valence-corrected chi connectivity index (χ0v) is 13.2. The maximum absolute atomic E-state index is 11.9. The van der Waals surface area contributed by atoms with Crippen LogP contribution in [0.25, 0.3) is 5.78 Å². The number of rotatable bonds is 5. The van der Waals surface area contributed by atoms with Gasteiger partial charge in [0.25, 0.3) is 17.5 Å². The topological polar surface area (TPSA) is 128 Å². The van der Waals surface area contributed by atoms with Crippen LogP contribution in [0.3, 0.4) is 0 Å². The fraction of sp³-hybridized carbons (Fsp3) is 0.286. The first kappa shape index (κ1) is 17.1. The van der Waals surface area contributed by atoms with Gasteiger partial charge in [-0.15, -0.1) is 11.7 Å².